The molecule has 2 N–H and O–H groups in total. The van der Waals surface area contributed by atoms with Gasteiger partial charge in [-0.25, -0.2) is 4.98 Å². The van der Waals surface area contributed by atoms with E-state index in [1.165, 1.54) is 0 Å². The highest BCUT2D eigenvalue weighted by molar-refractivity contribution is 5.79. The van der Waals surface area contributed by atoms with Crippen LogP contribution >= 0.6 is 0 Å². The molecule has 2 aromatic heterocycles. The second kappa shape index (κ2) is 4.52. The summed E-state index contributed by atoms with van der Waals surface area (Å²) in [4.78, 5) is 4.49. The molecule has 2 aromatic carbocycles. The predicted molar refractivity (Wildman–Crippen MR) is 83.2 cm³/mol. The van der Waals surface area contributed by atoms with Crippen molar-refractivity contribution in [3.05, 3.63) is 66.9 Å². The van der Waals surface area contributed by atoms with Gasteiger partial charge < -0.3 is 14.7 Å². The highest BCUT2D eigenvalue weighted by Gasteiger charge is 2.14. The molecule has 0 spiro atoms. The van der Waals surface area contributed by atoms with Gasteiger partial charge in [0.2, 0.25) is 5.89 Å². The Kier molecular flexibility index (Phi) is 2.54. The zero-order valence-electron chi connectivity index (χ0n) is 11.2. The number of nitrogens with two attached hydrogens (primary N) is 1. The molecule has 2 heterocycles. The predicted octanol–water partition coefficient (Wildman–Crippen LogP) is 3.87. The van der Waals surface area contributed by atoms with E-state index < -0.39 is 0 Å². The Bertz CT molecular complexity index is 873. The van der Waals surface area contributed by atoms with Crippen molar-refractivity contribution in [1.82, 2.24) is 9.55 Å². The molecule has 4 aromatic rings. The first kappa shape index (κ1) is 11.8. The fourth-order valence-corrected chi connectivity index (χ4v) is 2.43. The number of benzene rings is 2. The van der Waals surface area contributed by atoms with E-state index in [1.54, 1.807) is 0 Å². The van der Waals surface area contributed by atoms with Crippen LogP contribution in [0.5, 0.6) is 0 Å². The molecule has 21 heavy (non-hydrogen) atoms. The first-order valence-corrected chi connectivity index (χ1v) is 6.71. The van der Waals surface area contributed by atoms with Crippen LogP contribution in [0.15, 0.2) is 71.3 Å². The van der Waals surface area contributed by atoms with Crippen molar-refractivity contribution in [1.29, 1.82) is 0 Å². The maximum atomic E-state index is 6.25. The summed E-state index contributed by atoms with van der Waals surface area (Å²) in [6, 6.07) is 19.6. The van der Waals surface area contributed by atoms with E-state index in [0.717, 1.165) is 22.4 Å². The van der Waals surface area contributed by atoms with Gasteiger partial charge in [0.05, 0.1) is 5.56 Å². The molecular weight excluding hydrogens is 262 g/mol. The largest absolute Gasteiger partial charge is 0.436 e. The Morgan fingerprint density at radius 3 is 2.48 bits per heavy atom. The molecule has 0 saturated carbocycles. The van der Waals surface area contributed by atoms with Gasteiger partial charge >= 0.3 is 0 Å². The fraction of sp³-hybridized carbons (Fsp3) is 0. The van der Waals surface area contributed by atoms with Gasteiger partial charge in [-0.05, 0) is 30.3 Å². The van der Waals surface area contributed by atoms with Crippen molar-refractivity contribution in [2.24, 2.45) is 0 Å². The molecule has 0 aliphatic carbocycles. The van der Waals surface area contributed by atoms with Crippen LogP contribution in [-0.4, -0.2) is 9.55 Å². The van der Waals surface area contributed by atoms with E-state index in [2.05, 4.69) is 4.98 Å². The summed E-state index contributed by atoms with van der Waals surface area (Å²) in [5, 5.41) is 0. The van der Waals surface area contributed by atoms with Gasteiger partial charge in [0.1, 0.15) is 11.3 Å². The molecule has 4 heteroatoms. The zero-order chi connectivity index (χ0) is 14.2. The van der Waals surface area contributed by atoms with Crippen molar-refractivity contribution >= 4 is 16.9 Å². The summed E-state index contributed by atoms with van der Waals surface area (Å²) >= 11 is 0. The van der Waals surface area contributed by atoms with Crippen molar-refractivity contribution in [3.8, 4) is 17.1 Å². The maximum Gasteiger partial charge on any atom is 0.231 e. The van der Waals surface area contributed by atoms with E-state index in [-0.39, 0.29) is 0 Å². The molecule has 0 aliphatic rings. The fourth-order valence-electron chi connectivity index (χ4n) is 2.43. The molecule has 0 fully saturated rings. The lowest BCUT2D eigenvalue weighted by atomic mass is 10.3. The smallest absolute Gasteiger partial charge is 0.231 e. The first-order chi connectivity index (χ1) is 10.3. The lowest BCUT2D eigenvalue weighted by Crippen LogP contribution is -1.99. The molecule has 0 atom stereocenters. The minimum atomic E-state index is 0.545. The van der Waals surface area contributed by atoms with Gasteiger partial charge in [-0.15, -0.1) is 0 Å². The third-order valence-corrected chi connectivity index (χ3v) is 3.48. The van der Waals surface area contributed by atoms with Crippen LogP contribution in [0.1, 0.15) is 0 Å². The number of nitrogens with zero attached hydrogens (tertiary/aromatic N) is 2. The van der Waals surface area contributed by atoms with Crippen LogP contribution in [0, 0.1) is 0 Å². The SMILES string of the molecule is Nc1c(-c2nc3ccccc3o2)ccn1-c1ccccc1. The van der Waals surface area contributed by atoms with Gasteiger partial charge in [0.15, 0.2) is 5.58 Å². The number of anilines is 1. The van der Waals surface area contributed by atoms with E-state index >= 15 is 0 Å². The Morgan fingerprint density at radius 2 is 1.67 bits per heavy atom. The molecule has 0 radical (unpaired) electrons. The van der Waals surface area contributed by atoms with E-state index in [4.69, 9.17) is 10.2 Å². The summed E-state index contributed by atoms with van der Waals surface area (Å²) in [7, 11) is 0. The lowest BCUT2D eigenvalue weighted by molar-refractivity contribution is 0.620. The van der Waals surface area contributed by atoms with Crippen LogP contribution in [0.25, 0.3) is 28.2 Å². The molecule has 4 nitrogen and oxygen atoms in total. The Morgan fingerprint density at radius 1 is 0.905 bits per heavy atom. The Hall–Kier alpha value is -3.01. The number of oxazole rings is 1. The first-order valence-electron chi connectivity index (χ1n) is 6.71. The second-order valence-corrected chi connectivity index (χ2v) is 4.81. The third-order valence-electron chi connectivity index (χ3n) is 3.48. The minimum absolute atomic E-state index is 0.545. The Balaban J connectivity index is 1.85. The molecule has 0 amide bonds. The third kappa shape index (κ3) is 1.89. The lowest BCUT2D eigenvalue weighted by Gasteiger charge is -2.05. The standard InChI is InChI=1S/C17H13N3O/c18-16-13(10-11-20(16)12-6-2-1-3-7-12)17-19-14-8-4-5-9-15(14)21-17/h1-11H,18H2. The number of hydrogen-bond donors (Lipinski definition) is 1. The number of rotatable bonds is 2. The summed E-state index contributed by atoms with van der Waals surface area (Å²) in [6.45, 7) is 0. The van der Waals surface area contributed by atoms with E-state index in [1.807, 2.05) is 71.4 Å². The number of nitrogen functional groups attached to an aromatic ring is 1. The van der Waals surface area contributed by atoms with Gasteiger partial charge in [0, 0.05) is 11.9 Å². The molecule has 0 unspecified atom stereocenters. The quantitative estimate of drug-likeness (QED) is 0.604. The van der Waals surface area contributed by atoms with Crippen LogP contribution in [0.2, 0.25) is 0 Å². The van der Waals surface area contributed by atoms with Crippen LogP contribution in [0.4, 0.5) is 5.82 Å². The van der Waals surface area contributed by atoms with Crippen LogP contribution in [-0.2, 0) is 0 Å². The highest BCUT2D eigenvalue weighted by atomic mass is 16.3. The second-order valence-electron chi connectivity index (χ2n) is 4.81. The molecule has 0 saturated heterocycles. The molecular formula is C17H13N3O. The number of para-hydroxylation sites is 3. The summed E-state index contributed by atoms with van der Waals surface area (Å²) < 4.78 is 7.70. The van der Waals surface area contributed by atoms with Crippen molar-refractivity contribution < 1.29 is 4.42 Å². The van der Waals surface area contributed by atoms with Crippen molar-refractivity contribution in [2.45, 2.75) is 0 Å². The van der Waals surface area contributed by atoms with Crippen LogP contribution < -0.4 is 5.73 Å². The van der Waals surface area contributed by atoms with Gasteiger partial charge in [-0.2, -0.15) is 0 Å². The van der Waals surface area contributed by atoms with E-state index in [0.29, 0.717) is 11.7 Å². The summed E-state index contributed by atoms with van der Waals surface area (Å²) in [5.41, 5.74) is 9.66. The molecule has 4 rings (SSSR count). The average Bonchev–Trinajstić information content (AvgIpc) is 3.11. The summed E-state index contributed by atoms with van der Waals surface area (Å²) in [6.07, 6.45) is 1.93. The van der Waals surface area contributed by atoms with E-state index in [9.17, 15) is 0 Å². The molecule has 102 valence electrons. The minimum Gasteiger partial charge on any atom is -0.436 e. The maximum absolute atomic E-state index is 6.25. The average molecular weight is 275 g/mol. The van der Waals surface area contributed by atoms with Gasteiger partial charge in [-0.1, -0.05) is 30.3 Å². The van der Waals surface area contributed by atoms with Gasteiger partial charge in [-0.3, -0.25) is 0 Å². The van der Waals surface area contributed by atoms with Crippen molar-refractivity contribution in [3.63, 3.8) is 0 Å². The topological polar surface area (TPSA) is 57.0 Å². The normalized spacial score (nSPS) is 11.0. The molecule has 0 aliphatic heterocycles. The number of fused-ring (bicyclic) bond motifs is 1. The van der Waals surface area contributed by atoms with Crippen LogP contribution in [0.3, 0.4) is 0 Å². The van der Waals surface area contributed by atoms with Gasteiger partial charge in [0.25, 0.3) is 0 Å². The zero-order valence-corrected chi connectivity index (χ0v) is 11.2. The van der Waals surface area contributed by atoms with Crippen molar-refractivity contribution in [2.75, 3.05) is 5.73 Å². The summed E-state index contributed by atoms with van der Waals surface area (Å²) in [5.74, 6) is 1.16. The number of hydrogen-bond acceptors (Lipinski definition) is 3. The Labute approximate surface area is 121 Å². The number of aromatic nitrogens is 2. The highest BCUT2D eigenvalue weighted by Crippen LogP contribution is 2.30. The monoisotopic (exact) mass is 275 g/mol. The molecule has 0 bridgehead atoms.